The van der Waals surface area contributed by atoms with Gasteiger partial charge in [0.2, 0.25) is 0 Å². The molecule has 0 unspecified atom stereocenters. The Hall–Kier alpha value is -7.28. The molecule has 0 bridgehead atoms. The number of hydrogen-bond acceptors (Lipinski definition) is 0. The summed E-state index contributed by atoms with van der Waals surface area (Å²) in [6, 6.07) is 80.3. The third-order valence-electron chi connectivity index (χ3n) is 11.6. The molecule has 0 spiro atoms. The van der Waals surface area contributed by atoms with Crippen LogP contribution in [0.4, 0.5) is 0 Å². The number of rotatable bonds is 5. The van der Waals surface area contributed by atoms with Crippen molar-refractivity contribution in [2.24, 2.45) is 0 Å². The number of benzene rings is 11. The summed E-state index contributed by atoms with van der Waals surface area (Å²) in [4.78, 5) is 0. The maximum Gasteiger partial charge on any atom is -0.00201 e. The molecule has 56 heavy (non-hydrogen) atoms. The molecule has 0 heterocycles. The molecule has 11 aromatic carbocycles. The largest absolute Gasteiger partial charge is 0.0622 e. The molecule has 0 aliphatic heterocycles. The van der Waals surface area contributed by atoms with Crippen molar-refractivity contribution in [3.8, 4) is 55.6 Å². The summed E-state index contributed by atoms with van der Waals surface area (Å²) in [6.07, 6.45) is 0. The van der Waals surface area contributed by atoms with Gasteiger partial charge in [-0.15, -0.1) is 0 Å². The molecule has 0 heteroatoms. The van der Waals surface area contributed by atoms with Gasteiger partial charge in [0, 0.05) is 0 Å². The quantitative estimate of drug-likeness (QED) is 0.156. The van der Waals surface area contributed by atoms with Gasteiger partial charge in [-0.3, -0.25) is 0 Å². The van der Waals surface area contributed by atoms with E-state index < -0.39 is 0 Å². The van der Waals surface area contributed by atoms with E-state index in [-0.39, 0.29) is 0 Å². The smallest absolute Gasteiger partial charge is 0.00201 e. The van der Waals surface area contributed by atoms with Crippen molar-refractivity contribution >= 4 is 53.9 Å². The second-order valence-corrected chi connectivity index (χ2v) is 14.7. The van der Waals surface area contributed by atoms with Crippen molar-refractivity contribution in [1.29, 1.82) is 0 Å². The zero-order valence-electron chi connectivity index (χ0n) is 30.8. The standard InChI is InChI=1S/C56H36/c1-4-18-38(19-5-1)53-45-26-12-13-27-46(45)54(39-20-6-2-7-21-39)51-35-41(31-33-49(51)53)42-32-34-50-52(36-42)55(40-22-8-3-9-23-40)47-28-14-15-29-48(47)56(50)44-30-16-24-37-17-10-11-25-43(37)44/h1-36H. The van der Waals surface area contributed by atoms with E-state index in [1.165, 1.54) is 109 Å². The molecule has 0 aromatic heterocycles. The van der Waals surface area contributed by atoms with Crippen molar-refractivity contribution in [2.75, 3.05) is 0 Å². The van der Waals surface area contributed by atoms with Crippen molar-refractivity contribution in [3.05, 3.63) is 218 Å². The number of hydrogen-bond donors (Lipinski definition) is 0. The molecular formula is C56H36. The normalized spacial score (nSPS) is 11.6. The van der Waals surface area contributed by atoms with E-state index in [9.17, 15) is 0 Å². The first kappa shape index (κ1) is 32.2. The van der Waals surface area contributed by atoms with Gasteiger partial charge in [0.15, 0.2) is 0 Å². The van der Waals surface area contributed by atoms with Gasteiger partial charge >= 0.3 is 0 Å². The van der Waals surface area contributed by atoms with Crippen LogP contribution in [0.15, 0.2) is 218 Å². The monoisotopic (exact) mass is 708 g/mol. The predicted octanol–water partition coefficient (Wildman–Crippen LogP) is 15.8. The lowest BCUT2D eigenvalue weighted by atomic mass is 9.83. The predicted molar refractivity (Wildman–Crippen MR) is 241 cm³/mol. The van der Waals surface area contributed by atoms with E-state index >= 15 is 0 Å². The first-order valence-corrected chi connectivity index (χ1v) is 19.4. The van der Waals surface area contributed by atoms with Crippen molar-refractivity contribution < 1.29 is 0 Å². The van der Waals surface area contributed by atoms with Crippen molar-refractivity contribution in [3.63, 3.8) is 0 Å². The third kappa shape index (κ3) is 5.15. The highest BCUT2D eigenvalue weighted by molar-refractivity contribution is 6.25. The molecule has 260 valence electrons. The fraction of sp³-hybridized carbons (Fsp3) is 0. The Bertz CT molecular complexity index is 3260. The minimum absolute atomic E-state index is 1.20. The molecule has 0 saturated carbocycles. The molecule has 0 aliphatic rings. The van der Waals surface area contributed by atoms with Gasteiger partial charge < -0.3 is 0 Å². The van der Waals surface area contributed by atoms with Gasteiger partial charge in [-0.05, 0) is 122 Å². The fourth-order valence-electron chi connectivity index (χ4n) is 9.20. The van der Waals surface area contributed by atoms with Crippen LogP contribution in [0.25, 0.3) is 109 Å². The maximum absolute atomic E-state index is 2.45. The molecule has 11 aromatic rings. The van der Waals surface area contributed by atoms with Gasteiger partial charge in [0.25, 0.3) is 0 Å². The average Bonchev–Trinajstić information content (AvgIpc) is 3.27. The molecule has 0 fully saturated rings. The Balaban J connectivity index is 1.24. The summed E-state index contributed by atoms with van der Waals surface area (Å²) in [5.41, 5.74) is 12.4. The fourth-order valence-corrected chi connectivity index (χ4v) is 9.20. The van der Waals surface area contributed by atoms with Crippen LogP contribution in [0.1, 0.15) is 0 Å². The highest BCUT2D eigenvalue weighted by Gasteiger charge is 2.20. The third-order valence-corrected chi connectivity index (χ3v) is 11.6. The van der Waals surface area contributed by atoms with Gasteiger partial charge in [-0.25, -0.2) is 0 Å². The summed E-state index contributed by atoms with van der Waals surface area (Å²) in [6.45, 7) is 0. The first-order valence-electron chi connectivity index (χ1n) is 19.4. The molecule has 0 atom stereocenters. The van der Waals surface area contributed by atoms with Crippen molar-refractivity contribution in [2.45, 2.75) is 0 Å². The van der Waals surface area contributed by atoms with E-state index in [1.807, 2.05) is 0 Å². The molecule has 0 N–H and O–H groups in total. The Morgan fingerprint density at radius 1 is 0.179 bits per heavy atom. The molecule has 0 saturated heterocycles. The second-order valence-electron chi connectivity index (χ2n) is 14.7. The second kappa shape index (κ2) is 13.2. The zero-order valence-corrected chi connectivity index (χ0v) is 30.8. The van der Waals surface area contributed by atoms with Gasteiger partial charge in [-0.1, -0.05) is 206 Å². The number of fused-ring (bicyclic) bond motifs is 5. The lowest BCUT2D eigenvalue weighted by Gasteiger charge is -2.20. The van der Waals surface area contributed by atoms with E-state index in [1.54, 1.807) is 0 Å². The topological polar surface area (TPSA) is 0 Å². The van der Waals surface area contributed by atoms with Crippen LogP contribution in [0, 0.1) is 0 Å². The van der Waals surface area contributed by atoms with E-state index in [2.05, 4.69) is 218 Å². The van der Waals surface area contributed by atoms with Crippen LogP contribution in [0.5, 0.6) is 0 Å². The molecular weight excluding hydrogens is 673 g/mol. The Labute approximate surface area is 326 Å². The van der Waals surface area contributed by atoms with Gasteiger partial charge in [0.05, 0.1) is 0 Å². The van der Waals surface area contributed by atoms with Crippen LogP contribution in [0.3, 0.4) is 0 Å². The minimum Gasteiger partial charge on any atom is -0.0622 e. The Morgan fingerprint density at radius 3 is 1.00 bits per heavy atom. The Kier molecular flexibility index (Phi) is 7.60. The maximum atomic E-state index is 2.45. The molecule has 0 aliphatic carbocycles. The first-order chi connectivity index (χ1) is 27.8. The summed E-state index contributed by atoms with van der Waals surface area (Å²) >= 11 is 0. The van der Waals surface area contributed by atoms with E-state index in [0.717, 1.165) is 0 Å². The molecule has 11 rings (SSSR count). The van der Waals surface area contributed by atoms with E-state index in [4.69, 9.17) is 0 Å². The highest BCUT2D eigenvalue weighted by atomic mass is 14.2. The SMILES string of the molecule is c1ccc(-c2c3ccccc3c(-c3ccccc3)c3cc(-c4ccc5c(-c6cccc7ccccc67)c6ccccc6c(-c6ccccc6)c5c4)ccc23)cc1. The van der Waals surface area contributed by atoms with E-state index in [0.29, 0.717) is 0 Å². The zero-order chi connectivity index (χ0) is 37.0. The van der Waals surface area contributed by atoms with Crippen molar-refractivity contribution in [1.82, 2.24) is 0 Å². The van der Waals surface area contributed by atoms with Gasteiger partial charge in [0.1, 0.15) is 0 Å². The highest BCUT2D eigenvalue weighted by Crippen LogP contribution is 2.48. The Morgan fingerprint density at radius 2 is 0.518 bits per heavy atom. The van der Waals surface area contributed by atoms with Crippen LogP contribution in [-0.4, -0.2) is 0 Å². The summed E-state index contributed by atoms with van der Waals surface area (Å²) in [5, 5.41) is 12.6. The molecule has 0 amide bonds. The summed E-state index contributed by atoms with van der Waals surface area (Å²) in [5.74, 6) is 0. The lowest BCUT2D eigenvalue weighted by Crippen LogP contribution is -1.93. The molecule has 0 nitrogen and oxygen atoms in total. The lowest BCUT2D eigenvalue weighted by molar-refractivity contribution is 1.63. The van der Waals surface area contributed by atoms with Crippen LogP contribution >= 0.6 is 0 Å². The van der Waals surface area contributed by atoms with Gasteiger partial charge in [-0.2, -0.15) is 0 Å². The van der Waals surface area contributed by atoms with Crippen LogP contribution < -0.4 is 0 Å². The van der Waals surface area contributed by atoms with Crippen LogP contribution in [0.2, 0.25) is 0 Å². The molecule has 0 radical (unpaired) electrons. The average molecular weight is 709 g/mol. The summed E-state index contributed by atoms with van der Waals surface area (Å²) in [7, 11) is 0. The summed E-state index contributed by atoms with van der Waals surface area (Å²) < 4.78 is 0. The minimum atomic E-state index is 1.20. The van der Waals surface area contributed by atoms with Crippen LogP contribution in [-0.2, 0) is 0 Å².